The molecule has 110 valence electrons. The predicted molar refractivity (Wildman–Crippen MR) is 78.5 cm³/mol. The van der Waals surface area contributed by atoms with Gasteiger partial charge in [0.2, 0.25) is 0 Å². The molecule has 1 aliphatic rings. The second-order valence-corrected chi connectivity index (χ2v) is 5.13. The average Bonchev–Trinajstić information content (AvgIpc) is 2.53. The van der Waals surface area contributed by atoms with E-state index in [2.05, 4.69) is 6.92 Å². The second-order valence-electron chi connectivity index (χ2n) is 5.13. The quantitative estimate of drug-likeness (QED) is 0.849. The summed E-state index contributed by atoms with van der Waals surface area (Å²) >= 11 is 0. The van der Waals surface area contributed by atoms with E-state index in [4.69, 9.17) is 9.47 Å². The maximum atomic E-state index is 12.7. The lowest BCUT2D eigenvalue weighted by Gasteiger charge is -2.35. The summed E-state index contributed by atoms with van der Waals surface area (Å²) in [5.74, 6) is 1.34. The number of rotatable bonds is 4. The standard InChI is InChI=1S/C16H23NO3/c1-4-13-7-5-6-10-17(13)16(18)12-8-9-14(19-2)15(11-12)20-3/h8-9,11,13H,4-7,10H2,1-3H3. The number of hydrogen-bond donors (Lipinski definition) is 0. The van der Waals surface area contributed by atoms with Crippen molar-refractivity contribution < 1.29 is 14.3 Å². The topological polar surface area (TPSA) is 38.8 Å². The van der Waals surface area contributed by atoms with Crippen molar-refractivity contribution in [1.29, 1.82) is 0 Å². The molecule has 1 saturated heterocycles. The summed E-state index contributed by atoms with van der Waals surface area (Å²) in [6, 6.07) is 5.73. The number of ether oxygens (including phenoxy) is 2. The molecule has 4 nitrogen and oxygen atoms in total. The van der Waals surface area contributed by atoms with Gasteiger partial charge in [-0.25, -0.2) is 0 Å². The van der Waals surface area contributed by atoms with Crippen molar-refractivity contribution >= 4 is 5.91 Å². The van der Waals surface area contributed by atoms with Crippen LogP contribution in [0.25, 0.3) is 0 Å². The van der Waals surface area contributed by atoms with Crippen LogP contribution in [0.4, 0.5) is 0 Å². The largest absolute Gasteiger partial charge is 0.493 e. The summed E-state index contributed by atoms with van der Waals surface area (Å²) in [6.45, 7) is 3.00. The highest BCUT2D eigenvalue weighted by Crippen LogP contribution is 2.29. The first-order valence-electron chi connectivity index (χ1n) is 7.24. The van der Waals surface area contributed by atoms with E-state index in [0.29, 0.717) is 23.1 Å². The Bertz CT molecular complexity index is 473. The van der Waals surface area contributed by atoms with Gasteiger partial charge in [0.15, 0.2) is 11.5 Å². The van der Waals surface area contributed by atoms with Crippen LogP contribution < -0.4 is 9.47 Å². The lowest BCUT2D eigenvalue weighted by molar-refractivity contribution is 0.0607. The normalized spacial score (nSPS) is 18.8. The number of amides is 1. The number of carbonyl (C=O) groups excluding carboxylic acids is 1. The Hall–Kier alpha value is -1.71. The third-order valence-electron chi connectivity index (χ3n) is 3.99. The number of methoxy groups -OCH3 is 2. The smallest absolute Gasteiger partial charge is 0.254 e. The Morgan fingerprint density at radius 2 is 2.00 bits per heavy atom. The van der Waals surface area contributed by atoms with Gasteiger partial charge in [0.05, 0.1) is 14.2 Å². The Labute approximate surface area is 120 Å². The summed E-state index contributed by atoms with van der Waals surface area (Å²) in [5.41, 5.74) is 0.669. The van der Waals surface area contributed by atoms with Crippen LogP contribution in [0.1, 0.15) is 43.0 Å². The van der Waals surface area contributed by atoms with Gasteiger partial charge in [0.1, 0.15) is 0 Å². The van der Waals surface area contributed by atoms with Gasteiger partial charge < -0.3 is 14.4 Å². The van der Waals surface area contributed by atoms with Gasteiger partial charge in [0, 0.05) is 18.2 Å². The van der Waals surface area contributed by atoms with Gasteiger partial charge >= 0.3 is 0 Å². The van der Waals surface area contributed by atoms with Crippen molar-refractivity contribution in [3.63, 3.8) is 0 Å². The lowest BCUT2D eigenvalue weighted by atomic mass is 9.99. The minimum atomic E-state index is 0.0949. The van der Waals surface area contributed by atoms with E-state index in [0.717, 1.165) is 25.8 Å². The molecule has 0 aromatic heterocycles. The molecule has 1 fully saturated rings. The predicted octanol–water partition coefficient (Wildman–Crippen LogP) is 3.11. The molecule has 0 N–H and O–H groups in total. The average molecular weight is 277 g/mol. The van der Waals surface area contributed by atoms with Crippen LogP contribution in [0.2, 0.25) is 0 Å². The second kappa shape index (κ2) is 6.64. The highest BCUT2D eigenvalue weighted by molar-refractivity contribution is 5.95. The van der Waals surface area contributed by atoms with Crippen molar-refractivity contribution in [3.05, 3.63) is 23.8 Å². The lowest BCUT2D eigenvalue weighted by Crippen LogP contribution is -2.43. The van der Waals surface area contributed by atoms with Gasteiger partial charge in [0.25, 0.3) is 5.91 Å². The first kappa shape index (κ1) is 14.7. The van der Waals surface area contributed by atoms with Crippen LogP contribution >= 0.6 is 0 Å². The van der Waals surface area contributed by atoms with Gasteiger partial charge in [-0.1, -0.05) is 6.92 Å². The van der Waals surface area contributed by atoms with E-state index in [1.165, 1.54) is 6.42 Å². The van der Waals surface area contributed by atoms with Crippen LogP contribution in [0, 0.1) is 0 Å². The molecule has 1 heterocycles. The molecular formula is C16H23NO3. The van der Waals surface area contributed by atoms with E-state index in [1.807, 2.05) is 11.0 Å². The fraction of sp³-hybridized carbons (Fsp3) is 0.562. The van der Waals surface area contributed by atoms with Crippen LogP contribution in [0.5, 0.6) is 11.5 Å². The molecule has 0 saturated carbocycles. The van der Waals surface area contributed by atoms with Gasteiger partial charge in [-0.15, -0.1) is 0 Å². The number of nitrogens with zero attached hydrogens (tertiary/aromatic N) is 1. The maximum absolute atomic E-state index is 12.7. The fourth-order valence-electron chi connectivity index (χ4n) is 2.83. The SMILES string of the molecule is CCC1CCCCN1C(=O)c1ccc(OC)c(OC)c1. The minimum Gasteiger partial charge on any atom is -0.493 e. The summed E-state index contributed by atoms with van der Waals surface area (Å²) < 4.78 is 10.5. The summed E-state index contributed by atoms with van der Waals surface area (Å²) in [4.78, 5) is 14.7. The molecule has 0 aliphatic carbocycles. The third-order valence-corrected chi connectivity index (χ3v) is 3.99. The van der Waals surface area contributed by atoms with Crippen LogP contribution in [0.15, 0.2) is 18.2 Å². The molecular weight excluding hydrogens is 254 g/mol. The fourth-order valence-corrected chi connectivity index (χ4v) is 2.83. The first-order chi connectivity index (χ1) is 9.71. The summed E-state index contributed by atoms with van der Waals surface area (Å²) in [6.07, 6.45) is 4.43. The van der Waals surface area contributed by atoms with Crippen LogP contribution in [-0.4, -0.2) is 37.6 Å². The highest BCUT2D eigenvalue weighted by atomic mass is 16.5. The molecule has 0 bridgehead atoms. The first-order valence-corrected chi connectivity index (χ1v) is 7.24. The molecule has 4 heteroatoms. The molecule has 1 amide bonds. The summed E-state index contributed by atoms with van der Waals surface area (Å²) in [7, 11) is 3.18. The molecule has 1 aliphatic heterocycles. The van der Waals surface area contributed by atoms with Crippen LogP contribution in [-0.2, 0) is 0 Å². The molecule has 1 aromatic carbocycles. The third kappa shape index (κ3) is 2.89. The minimum absolute atomic E-state index is 0.0949. The zero-order chi connectivity index (χ0) is 14.5. The van der Waals surface area contributed by atoms with E-state index in [9.17, 15) is 4.79 Å². The Morgan fingerprint density at radius 1 is 1.25 bits per heavy atom. The molecule has 0 spiro atoms. The molecule has 1 aromatic rings. The van der Waals surface area contributed by atoms with E-state index in [-0.39, 0.29) is 5.91 Å². The maximum Gasteiger partial charge on any atom is 0.254 e. The molecule has 2 rings (SSSR count). The monoisotopic (exact) mass is 277 g/mol. The number of hydrogen-bond acceptors (Lipinski definition) is 3. The summed E-state index contributed by atoms with van der Waals surface area (Å²) in [5, 5.41) is 0. The molecule has 1 unspecified atom stereocenters. The number of likely N-dealkylation sites (tertiary alicyclic amines) is 1. The van der Waals surface area contributed by atoms with Crippen molar-refractivity contribution in [2.24, 2.45) is 0 Å². The molecule has 0 radical (unpaired) electrons. The van der Waals surface area contributed by atoms with Gasteiger partial charge in [-0.2, -0.15) is 0 Å². The number of benzene rings is 1. The van der Waals surface area contributed by atoms with E-state index in [1.54, 1.807) is 26.4 Å². The van der Waals surface area contributed by atoms with Gasteiger partial charge in [-0.3, -0.25) is 4.79 Å². The number of carbonyl (C=O) groups is 1. The zero-order valence-corrected chi connectivity index (χ0v) is 12.5. The molecule has 20 heavy (non-hydrogen) atoms. The Morgan fingerprint density at radius 3 is 2.65 bits per heavy atom. The van der Waals surface area contributed by atoms with Crippen molar-refractivity contribution in [2.45, 2.75) is 38.6 Å². The van der Waals surface area contributed by atoms with Crippen molar-refractivity contribution in [3.8, 4) is 11.5 Å². The van der Waals surface area contributed by atoms with Crippen molar-refractivity contribution in [1.82, 2.24) is 4.90 Å². The Kier molecular flexibility index (Phi) is 4.88. The van der Waals surface area contributed by atoms with Crippen LogP contribution in [0.3, 0.4) is 0 Å². The van der Waals surface area contributed by atoms with E-state index >= 15 is 0 Å². The Balaban J connectivity index is 2.23. The van der Waals surface area contributed by atoms with E-state index < -0.39 is 0 Å². The van der Waals surface area contributed by atoms with Gasteiger partial charge in [-0.05, 0) is 43.9 Å². The highest BCUT2D eigenvalue weighted by Gasteiger charge is 2.26. The molecule has 1 atom stereocenters. The van der Waals surface area contributed by atoms with Crippen molar-refractivity contribution in [2.75, 3.05) is 20.8 Å². The number of piperidine rings is 1. The zero-order valence-electron chi connectivity index (χ0n) is 12.5.